The molecule has 110 valence electrons. The Morgan fingerprint density at radius 2 is 2.14 bits per heavy atom. The summed E-state index contributed by atoms with van der Waals surface area (Å²) in [5.74, 6) is -0.659. The topological polar surface area (TPSA) is 94.3 Å². The average Bonchev–Trinajstić information content (AvgIpc) is 2.84. The second-order valence-corrected chi connectivity index (χ2v) is 4.71. The van der Waals surface area contributed by atoms with Gasteiger partial charge in [0.25, 0.3) is 5.91 Å². The Kier molecular flexibility index (Phi) is 4.77. The maximum atomic E-state index is 11.7. The van der Waals surface area contributed by atoms with Crippen LogP contribution in [0.25, 0.3) is 0 Å². The number of hydrogen-bond donors (Lipinski definition) is 1. The van der Waals surface area contributed by atoms with Gasteiger partial charge in [0, 0.05) is 6.07 Å². The number of hydrogen-bond acceptors (Lipinski definition) is 6. The molecule has 0 fully saturated rings. The van der Waals surface area contributed by atoms with Crippen molar-refractivity contribution in [3.63, 3.8) is 0 Å². The first-order valence-corrected chi connectivity index (χ1v) is 6.43. The Hall–Kier alpha value is -2.12. The molecule has 0 aliphatic heterocycles. The van der Waals surface area contributed by atoms with Crippen molar-refractivity contribution >= 4 is 40.9 Å². The van der Waals surface area contributed by atoms with Crippen LogP contribution in [0.15, 0.2) is 22.7 Å². The van der Waals surface area contributed by atoms with E-state index in [1.807, 2.05) is 0 Å². The van der Waals surface area contributed by atoms with Crippen LogP contribution in [0, 0.1) is 6.92 Å². The predicted molar refractivity (Wildman–Crippen MR) is 74.4 cm³/mol. The number of halogens is 2. The van der Waals surface area contributed by atoms with Crippen molar-refractivity contribution in [2.24, 2.45) is 0 Å². The first-order valence-electron chi connectivity index (χ1n) is 5.68. The van der Waals surface area contributed by atoms with E-state index in [0.29, 0.717) is 5.76 Å². The number of esters is 1. The molecule has 0 spiro atoms. The molecule has 21 heavy (non-hydrogen) atoms. The molecule has 2 rings (SSSR count). The number of pyridine rings is 1. The summed E-state index contributed by atoms with van der Waals surface area (Å²) in [6.07, 6.45) is 0. The quantitative estimate of drug-likeness (QED) is 0.684. The zero-order valence-corrected chi connectivity index (χ0v) is 12.2. The van der Waals surface area contributed by atoms with Crippen LogP contribution >= 0.6 is 23.2 Å². The molecule has 1 N–H and O–H groups in total. The van der Waals surface area contributed by atoms with Crippen molar-refractivity contribution in [1.82, 2.24) is 10.1 Å². The van der Waals surface area contributed by atoms with E-state index >= 15 is 0 Å². The predicted octanol–water partition coefficient (Wildman–Crippen LogP) is 2.48. The molecule has 1 amide bonds. The third-order valence-electron chi connectivity index (χ3n) is 2.24. The number of anilines is 1. The number of rotatable bonds is 4. The standard InChI is InChI=1S/C12H9Cl2N3O4/c1-6-4-9(17-21-6)16-10(18)5-20-12(19)11-7(13)2-3-8(14)15-11/h2-4H,5H2,1H3,(H,16,17,18). The molecular formula is C12H9Cl2N3O4. The maximum absolute atomic E-state index is 11.7. The van der Waals surface area contributed by atoms with Crippen molar-refractivity contribution in [1.29, 1.82) is 0 Å². The number of nitrogens with one attached hydrogen (secondary N) is 1. The summed E-state index contributed by atoms with van der Waals surface area (Å²) in [5.41, 5.74) is -0.158. The fourth-order valence-corrected chi connectivity index (χ4v) is 1.70. The van der Waals surface area contributed by atoms with Gasteiger partial charge < -0.3 is 14.6 Å². The van der Waals surface area contributed by atoms with E-state index in [2.05, 4.69) is 15.5 Å². The number of amides is 1. The highest BCUT2D eigenvalue weighted by molar-refractivity contribution is 6.34. The number of carbonyl (C=O) groups is 2. The van der Waals surface area contributed by atoms with Crippen LogP contribution < -0.4 is 5.32 Å². The van der Waals surface area contributed by atoms with Crippen molar-refractivity contribution in [3.8, 4) is 0 Å². The van der Waals surface area contributed by atoms with Crippen molar-refractivity contribution in [2.45, 2.75) is 6.92 Å². The summed E-state index contributed by atoms with van der Waals surface area (Å²) in [5, 5.41) is 6.14. The smallest absolute Gasteiger partial charge is 0.359 e. The van der Waals surface area contributed by atoms with Crippen molar-refractivity contribution in [3.05, 3.63) is 39.8 Å². The van der Waals surface area contributed by atoms with E-state index in [4.69, 9.17) is 32.5 Å². The van der Waals surface area contributed by atoms with Crippen LogP contribution in [-0.4, -0.2) is 28.6 Å². The van der Waals surface area contributed by atoms with Gasteiger partial charge in [-0.3, -0.25) is 4.79 Å². The number of nitrogens with zero attached hydrogens (tertiary/aromatic N) is 2. The minimum Gasteiger partial charge on any atom is -0.451 e. The number of aryl methyl sites for hydroxylation is 1. The molecule has 0 saturated carbocycles. The Bertz CT molecular complexity index is 687. The van der Waals surface area contributed by atoms with Gasteiger partial charge in [-0.1, -0.05) is 28.4 Å². The highest BCUT2D eigenvalue weighted by Crippen LogP contribution is 2.17. The summed E-state index contributed by atoms with van der Waals surface area (Å²) in [6.45, 7) is 1.16. The van der Waals surface area contributed by atoms with Gasteiger partial charge in [-0.15, -0.1) is 0 Å². The minimum atomic E-state index is -0.853. The second-order valence-electron chi connectivity index (χ2n) is 3.91. The van der Waals surface area contributed by atoms with Gasteiger partial charge in [0.15, 0.2) is 18.1 Å². The summed E-state index contributed by atoms with van der Waals surface area (Å²) >= 11 is 11.5. The lowest BCUT2D eigenvalue weighted by molar-refractivity contribution is -0.119. The molecule has 9 heteroatoms. The lowest BCUT2D eigenvalue weighted by atomic mass is 10.3. The Morgan fingerprint density at radius 3 is 2.81 bits per heavy atom. The van der Waals surface area contributed by atoms with Crippen LogP contribution in [-0.2, 0) is 9.53 Å². The molecule has 0 atom stereocenters. The summed E-state index contributed by atoms with van der Waals surface area (Å²) in [6, 6.07) is 4.36. The molecule has 0 aliphatic carbocycles. The highest BCUT2D eigenvalue weighted by atomic mass is 35.5. The van der Waals surface area contributed by atoms with E-state index in [9.17, 15) is 9.59 Å². The van der Waals surface area contributed by atoms with E-state index in [1.54, 1.807) is 6.92 Å². The van der Waals surface area contributed by atoms with Crippen LogP contribution in [0.2, 0.25) is 10.2 Å². The second kappa shape index (κ2) is 6.55. The van der Waals surface area contributed by atoms with Gasteiger partial charge in [0.1, 0.15) is 10.9 Å². The van der Waals surface area contributed by atoms with Gasteiger partial charge >= 0.3 is 5.97 Å². The summed E-state index contributed by atoms with van der Waals surface area (Å²) < 4.78 is 9.56. The van der Waals surface area contributed by atoms with Crippen molar-refractivity contribution < 1.29 is 18.8 Å². The molecule has 2 heterocycles. The first kappa shape index (κ1) is 15.3. The number of ether oxygens (including phenoxy) is 1. The summed E-state index contributed by atoms with van der Waals surface area (Å²) in [4.78, 5) is 27.0. The van der Waals surface area contributed by atoms with E-state index in [-0.39, 0.29) is 21.7 Å². The summed E-state index contributed by atoms with van der Waals surface area (Å²) in [7, 11) is 0. The maximum Gasteiger partial charge on any atom is 0.359 e. The molecule has 0 aromatic carbocycles. The Balaban J connectivity index is 1.91. The third kappa shape index (κ3) is 4.17. The minimum absolute atomic E-state index is 0.0805. The molecule has 0 bridgehead atoms. The van der Waals surface area contributed by atoms with Crippen molar-refractivity contribution in [2.75, 3.05) is 11.9 Å². The molecule has 0 radical (unpaired) electrons. The lowest BCUT2D eigenvalue weighted by Crippen LogP contribution is -2.21. The zero-order chi connectivity index (χ0) is 15.4. The van der Waals surface area contributed by atoms with E-state index in [1.165, 1.54) is 18.2 Å². The third-order valence-corrected chi connectivity index (χ3v) is 2.75. The fourth-order valence-electron chi connectivity index (χ4n) is 1.37. The van der Waals surface area contributed by atoms with Gasteiger partial charge in [-0.2, -0.15) is 0 Å². The van der Waals surface area contributed by atoms with Gasteiger partial charge in [0.2, 0.25) is 0 Å². The van der Waals surface area contributed by atoms with E-state index < -0.39 is 18.5 Å². The monoisotopic (exact) mass is 329 g/mol. The Morgan fingerprint density at radius 1 is 1.38 bits per heavy atom. The van der Waals surface area contributed by atoms with E-state index in [0.717, 1.165) is 0 Å². The fraction of sp³-hybridized carbons (Fsp3) is 0.167. The van der Waals surface area contributed by atoms with Gasteiger partial charge in [-0.05, 0) is 19.1 Å². The van der Waals surface area contributed by atoms with Crippen LogP contribution in [0.4, 0.5) is 5.82 Å². The van der Waals surface area contributed by atoms with Gasteiger partial charge in [-0.25, -0.2) is 9.78 Å². The van der Waals surface area contributed by atoms with Crippen LogP contribution in [0.3, 0.4) is 0 Å². The van der Waals surface area contributed by atoms with Crippen LogP contribution in [0.5, 0.6) is 0 Å². The highest BCUT2D eigenvalue weighted by Gasteiger charge is 2.16. The number of aromatic nitrogens is 2. The first-order chi connectivity index (χ1) is 9.95. The zero-order valence-electron chi connectivity index (χ0n) is 10.7. The normalized spacial score (nSPS) is 10.2. The molecule has 2 aromatic rings. The average molecular weight is 330 g/mol. The van der Waals surface area contributed by atoms with Gasteiger partial charge in [0.05, 0.1) is 5.02 Å². The molecule has 0 aliphatic rings. The SMILES string of the molecule is Cc1cc(NC(=O)COC(=O)c2nc(Cl)ccc2Cl)no1. The molecular weight excluding hydrogens is 321 g/mol. The molecule has 2 aromatic heterocycles. The largest absolute Gasteiger partial charge is 0.451 e. The lowest BCUT2D eigenvalue weighted by Gasteiger charge is -2.05. The molecule has 0 saturated heterocycles. The number of carbonyl (C=O) groups excluding carboxylic acids is 2. The molecule has 7 nitrogen and oxygen atoms in total. The van der Waals surface area contributed by atoms with Crippen LogP contribution in [0.1, 0.15) is 16.2 Å². The Labute approximate surface area is 129 Å². The molecule has 0 unspecified atom stereocenters.